The number of hydrogen-bond donors (Lipinski definition) is 3. The summed E-state index contributed by atoms with van der Waals surface area (Å²) in [7, 11) is -4.37. The standard InChI is InChI=1S/C27H50NO8P/c1-3-5-6-7-8-9-10-11-12-13-14-15-16-17-18-20-27(31)34-23-25(29)24-36-37(32,33)35-22-21-28-26(30)19-4-2/h8-9,11-12,25,29H,3-7,10,13-24H2,1-2H3,(H,28,30)(H,32,33)/b9-8-,12-11-. The molecule has 0 aliphatic carbocycles. The molecule has 9 nitrogen and oxygen atoms in total. The third-order valence-corrected chi connectivity index (χ3v) is 6.34. The van der Waals surface area contributed by atoms with Crippen LogP contribution in [-0.2, 0) is 27.9 Å². The molecule has 216 valence electrons. The summed E-state index contributed by atoms with van der Waals surface area (Å²) in [6.45, 7) is 3.10. The van der Waals surface area contributed by atoms with Crippen LogP contribution in [-0.4, -0.2) is 54.3 Å². The Balaban J connectivity index is 3.65. The highest BCUT2D eigenvalue weighted by Crippen LogP contribution is 2.42. The van der Waals surface area contributed by atoms with E-state index in [0.717, 1.165) is 44.9 Å². The molecule has 0 aliphatic heterocycles. The maximum atomic E-state index is 11.8. The van der Waals surface area contributed by atoms with Crippen LogP contribution < -0.4 is 5.32 Å². The number of unbranched alkanes of at least 4 members (excludes halogenated alkanes) is 8. The normalized spacial score (nSPS) is 14.2. The van der Waals surface area contributed by atoms with Crippen molar-refractivity contribution < 1.29 is 37.9 Å². The van der Waals surface area contributed by atoms with Crippen LogP contribution in [0.15, 0.2) is 24.3 Å². The van der Waals surface area contributed by atoms with E-state index in [4.69, 9.17) is 13.8 Å². The Hall–Kier alpha value is -1.51. The van der Waals surface area contributed by atoms with Gasteiger partial charge in [0, 0.05) is 19.4 Å². The predicted octanol–water partition coefficient (Wildman–Crippen LogP) is 5.75. The van der Waals surface area contributed by atoms with E-state index >= 15 is 0 Å². The number of amides is 1. The zero-order valence-electron chi connectivity index (χ0n) is 22.9. The third-order valence-electron chi connectivity index (χ3n) is 5.35. The average Bonchev–Trinajstić information content (AvgIpc) is 2.86. The largest absolute Gasteiger partial charge is 0.472 e. The molecule has 0 aromatic heterocycles. The number of nitrogens with one attached hydrogen (secondary N) is 1. The molecule has 0 fully saturated rings. The summed E-state index contributed by atoms with van der Waals surface area (Å²) in [4.78, 5) is 32.7. The van der Waals surface area contributed by atoms with Crippen molar-refractivity contribution in [3.05, 3.63) is 24.3 Å². The summed E-state index contributed by atoms with van der Waals surface area (Å²) < 4.78 is 26.2. The van der Waals surface area contributed by atoms with Gasteiger partial charge in [0.15, 0.2) is 0 Å². The van der Waals surface area contributed by atoms with Crippen LogP contribution in [0.4, 0.5) is 0 Å². The molecule has 2 atom stereocenters. The van der Waals surface area contributed by atoms with Gasteiger partial charge in [0.1, 0.15) is 12.7 Å². The number of esters is 1. The minimum Gasteiger partial charge on any atom is -0.463 e. The van der Waals surface area contributed by atoms with E-state index in [0.29, 0.717) is 12.8 Å². The number of phosphoric acid groups is 1. The first-order valence-corrected chi connectivity index (χ1v) is 15.3. The fourth-order valence-corrected chi connectivity index (χ4v) is 4.03. The van der Waals surface area contributed by atoms with Crippen LogP contribution in [0.3, 0.4) is 0 Å². The first kappa shape index (κ1) is 35.5. The molecule has 0 saturated carbocycles. The molecule has 0 saturated heterocycles. The Morgan fingerprint density at radius 2 is 1.49 bits per heavy atom. The van der Waals surface area contributed by atoms with Crippen LogP contribution in [0.25, 0.3) is 0 Å². The van der Waals surface area contributed by atoms with Crippen LogP contribution in [0.1, 0.15) is 104 Å². The first-order chi connectivity index (χ1) is 17.8. The highest BCUT2D eigenvalue weighted by molar-refractivity contribution is 7.47. The lowest BCUT2D eigenvalue weighted by Gasteiger charge is -2.15. The zero-order chi connectivity index (χ0) is 27.6. The molecule has 37 heavy (non-hydrogen) atoms. The van der Waals surface area contributed by atoms with E-state index in [1.807, 2.05) is 6.92 Å². The monoisotopic (exact) mass is 547 g/mol. The molecular weight excluding hydrogens is 497 g/mol. The predicted molar refractivity (Wildman–Crippen MR) is 146 cm³/mol. The van der Waals surface area contributed by atoms with Gasteiger partial charge in [0.05, 0.1) is 13.2 Å². The fourth-order valence-electron chi connectivity index (χ4n) is 3.27. The highest BCUT2D eigenvalue weighted by atomic mass is 31.2. The minimum atomic E-state index is -4.37. The highest BCUT2D eigenvalue weighted by Gasteiger charge is 2.23. The van der Waals surface area contributed by atoms with Gasteiger partial charge >= 0.3 is 13.8 Å². The van der Waals surface area contributed by atoms with Crippen molar-refractivity contribution in [2.24, 2.45) is 0 Å². The lowest BCUT2D eigenvalue weighted by molar-refractivity contribution is -0.147. The van der Waals surface area contributed by atoms with E-state index in [-0.39, 0.29) is 32.1 Å². The van der Waals surface area contributed by atoms with Gasteiger partial charge in [-0.2, -0.15) is 0 Å². The zero-order valence-corrected chi connectivity index (χ0v) is 23.8. The summed E-state index contributed by atoms with van der Waals surface area (Å²) in [5, 5.41) is 12.4. The summed E-state index contributed by atoms with van der Waals surface area (Å²) in [5.74, 6) is -0.590. The van der Waals surface area contributed by atoms with Gasteiger partial charge in [0.2, 0.25) is 5.91 Å². The van der Waals surface area contributed by atoms with Crippen LogP contribution in [0.5, 0.6) is 0 Å². The molecule has 0 aromatic carbocycles. The molecular formula is C27H50NO8P. The van der Waals surface area contributed by atoms with E-state index in [1.54, 1.807) is 0 Å². The van der Waals surface area contributed by atoms with E-state index in [2.05, 4.69) is 36.5 Å². The average molecular weight is 548 g/mol. The van der Waals surface area contributed by atoms with Crippen molar-refractivity contribution >= 4 is 19.7 Å². The van der Waals surface area contributed by atoms with Crippen molar-refractivity contribution in [2.75, 3.05) is 26.4 Å². The van der Waals surface area contributed by atoms with Crippen molar-refractivity contribution in [3.8, 4) is 0 Å². The second-order valence-corrected chi connectivity index (χ2v) is 10.5. The molecule has 2 unspecified atom stereocenters. The van der Waals surface area contributed by atoms with Crippen molar-refractivity contribution in [3.63, 3.8) is 0 Å². The number of allylic oxidation sites excluding steroid dienone is 4. The lowest BCUT2D eigenvalue weighted by Crippen LogP contribution is -2.27. The summed E-state index contributed by atoms with van der Waals surface area (Å²) in [5.41, 5.74) is 0. The topological polar surface area (TPSA) is 131 Å². The molecule has 0 rings (SSSR count). The van der Waals surface area contributed by atoms with Gasteiger partial charge in [-0.1, -0.05) is 70.3 Å². The number of carbonyl (C=O) groups excluding carboxylic acids is 2. The van der Waals surface area contributed by atoms with Crippen molar-refractivity contribution in [1.29, 1.82) is 0 Å². The molecule has 0 heterocycles. The molecule has 0 bridgehead atoms. The van der Waals surface area contributed by atoms with Gasteiger partial charge < -0.3 is 20.1 Å². The Labute approximate surface area is 223 Å². The third kappa shape index (κ3) is 25.9. The van der Waals surface area contributed by atoms with Gasteiger partial charge in [-0.25, -0.2) is 4.57 Å². The maximum Gasteiger partial charge on any atom is 0.472 e. The second kappa shape index (κ2) is 24.8. The maximum absolute atomic E-state index is 11.8. The van der Waals surface area contributed by atoms with Crippen molar-refractivity contribution in [2.45, 2.75) is 110 Å². The van der Waals surface area contributed by atoms with E-state index < -0.39 is 26.5 Å². The summed E-state index contributed by atoms with van der Waals surface area (Å²) in [6, 6.07) is 0. The molecule has 10 heteroatoms. The number of aliphatic hydroxyl groups is 1. The van der Waals surface area contributed by atoms with Crippen LogP contribution >= 0.6 is 7.82 Å². The van der Waals surface area contributed by atoms with Gasteiger partial charge in [-0.05, 0) is 44.9 Å². The van der Waals surface area contributed by atoms with Crippen LogP contribution in [0, 0.1) is 0 Å². The molecule has 3 N–H and O–H groups in total. The SMILES string of the molecule is CCCCC/C=C\C/C=C\CCCCCCCC(=O)OCC(O)COP(=O)(O)OCCNC(=O)CCC. The molecule has 0 aromatic rings. The second-order valence-electron chi connectivity index (χ2n) is 9.02. The van der Waals surface area contributed by atoms with Gasteiger partial charge in [-0.3, -0.25) is 18.6 Å². The number of aliphatic hydroxyl groups excluding tert-OH is 1. The van der Waals surface area contributed by atoms with E-state index in [1.165, 1.54) is 25.7 Å². The molecule has 0 radical (unpaired) electrons. The van der Waals surface area contributed by atoms with E-state index in [9.17, 15) is 24.2 Å². The summed E-state index contributed by atoms with van der Waals surface area (Å²) in [6.07, 6.45) is 21.1. The quantitative estimate of drug-likeness (QED) is 0.0569. The van der Waals surface area contributed by atoms with Gasteiger partial charge in [0.25, 0.3) is 0 Å². The molecule has 1 amide bonds. The number of hydrogen-bond acceptors (Lipinski definition) is 7. The van der Waals surface area contributed by atoms with Crippen molar-refractivity contribution in [1.82, 2.24) is 5.32 Å². The number of rotatable bonds is 25. The number of phosphoric ester groups is 1. The lowest BCUT2D eigenvalue weighted by atomic mass is 10.1. The number of ether oxygens (including phenoxy) is 1. The number of carbonyl (C=O) groups is 2. The molecule has 0 spiro atoms. The van der Waals surface area contributed by atoms with Gasteiger partial charge in [-0.15, -0.1) is 0 Å². The Morgan fingerprint density at radius 3 is 2.16 bits per heavy atom. The smallest absolute Gasteiger partial charge is 0.463 e. The van der Waals surface area contributed by atoms with Crippen LogP contribution in [0.2, 0.25) is 0 Å². The minimum absolute atomic E-state index is 0.0705. The Bertz CT molecular complexity index is 683. The summed E-state index contributed by atoms with van der Waals surface area (Å²) >= 11 is 0. The Kier molecular flexibility index (Phi) is 23.8. The fraction of sp³-hybridized carbons (Fsp3) is 0.778. The Morgan fingerprint density at radius 1 is 0.838 bits per heavy atom. The first-order valence-electron chi connectivity index (χ1n) is 13.8. The molecule has 0 aliphatic rings.